The summed E-state index contributed by atoms with van der Waals surface area (Å²) in [5.74, 6) is -2.25. The SMILES string of the molecule is CC(=NNC(=O)C=CC(=O)[O-])c1cccc([N+](=O)[O-])c1. The van der Waals surface area contributed by atoms with Gasteiger partial charge in [0.05, 0.1) is 16.6 Å². The lowest BCUT2D eigenvalue weighted by Crippen LogP contribution is -2.21. The molecular formula is C12H10N3O5-. The van der Waals surface area contributed by atoms with Crippen molar-refractivity contribution in [3.8, 4) is 0 Å². The molecule has 0 radical (unpaired) electrons. The number of aliphatic carboxylic acids is 1. The number of carboxylic acids is 1. The van der Waals surface area contributed by atoms with Gasteiger partial charge < -0.3 is 9.90 Å². The van der Waals surface area contributed by atoms with E-state index in [1.54, 1.807) is 13.0 Å². The molecule has 0 saturated heterocycles. The fourth-order valence-corrected chi connectivity index (χ4v) is 1.23. The Morgan fingerprint density at radius 3 is 2.65 bits per heavy atom. The first kappa shape index (κ1) is 15.0. The number of nitrogens with one attached hydrogen (secondary N) is 1. The molecule has 0 spiro atoms. The van der Waals surface area contributed by atoms with Gasteiger partial charge >= 0.3 is 0 Å². The van der Waals surface area contributed by atoms with Gasteiger partial charge in [0.25, 0.3) is 11.6 Å². The first-order valence-electron chi connectivity index (χ1n) is 5.38. The van der Waals surface area contributed by atoms with Gasteiger partial charge in [-0.15, -0.1) is 0 Å². The zero-order chi connectivity index (χ0) is 15.1. The lowest BCUT2D eigenvalue weighted by atomic mass is 10.1. The number of hydrogen-bond donors (Lipinski definition) is 1. The van der Waals surface area contributed by atoms with Crippen molar-refractivity contribution in [3.63, 3.8) is 0 Å². The van der Waals surface area contributed by atoms with E-state index < -0.39 is 16.8 Å². The predicted molar refractivity (Wildman–Crippen MR) is 67.6 cm³/mol. The third-order valence-electron chi connectivity index (χ3n) is 2.18. The summed E-state index contributed by atoms with van der Waals surface area (Å²) >= 11 is 0. The topological polar surface area (TPSA) is 125 Å². The minimum atomic E-state index is -1.50. The molecule has 0 aliphatic rings. The van der Waals surface area contributed by atoms with Gasteiger partial charge in [0, 0.05) is 23.8 Å². The highest BCUT2D eigenvalue weighted by molar-refractivity contribution is 6.00. The van der Waals surface area contributed by atoms with E-state index in [0.29, 0.717) is 17.4 Å². The number of nitro benzene ring substituents is 1. The highest BCUT2D eigenvalue weighted by atomic mass is 16.6. The minimum Gasteiger partial charge on any atom is -0.545 e. The average Bonchev–Trinajstić information content (AvgIpc) is 2.42. The first-order chi connectivity index (χ1) is 9.40. The number of nitrogens with zero attached hydrogens (tertiary/aromatic N) is 2. The van der Waals surface area contributed by atoms with Crippen LogP contribution in [0.2, 0.25) is 0 Å². The van der Waals surface area contributed by atoms with Crippen LogP contribution in [0.15, 0.2) is 41.5 Å². The number of carbonyl (C=O) groups is 2. The number of benzene rings is 1. The number of nitro groups is 1. The molecule has 0 heterocycles. The highest BCUT2D eigenvalue weighted by Gasteiger charge is 2.07. The van der Waals surface area contributed by atoms with Crippen molar-refractivity contribution in [2.24, 2.45) is 5.10 Å². The largest absolute Gasteiger partial charge is 0.545 e. The van der Waals surface area contributed by atoms with Crippen LogP contribution in [0.3, 0.4) is 0 Å². The molecule has 1 amide bonds. The Kier molecular flexibility index (Phi) is 5.10. The second kappa shape index (κ2) is 6.78. The summed E-state index contributed by atoms with van der Waals surface area (Å²) in [6.07, 6.45) is 1.31. The molecule has 1 aromatic rings. The molecule has 0 aromatic heterocycles. The normalized spacial score (nSPS) is 11.3. The fourth-order valence-electron chi connectivity index (χ4n) is 1.23. The Hall–Kier alpha value is -3.03. The van der Waals surface area contributed by atoms with E-state index in [2.05, 4.69) is 10.5 Å². The van der Waals surface area contributed by atoms with Gasteiger partial charge in [0.2, 0.25) is 0 Å². The first-order valence-corrected chi connectivity index (χ1v) is 5.38. The Labute approximate surface area is 113 Å². The Bertz CT molecular complexity index is 607. The van der Waals surface area contributed by atoms with Crippen LogP contribution < -0.4 is 10.5 Å². The third-order valence-corrected chi connectivity index (χ3v) is 2.18. The molecular weight excluding hydrogens is 266 g/mol. The van der Waals surface area contributed by atoms with E-state index in [1.165, 1.54) is 18.2 Å². The second-order valence-electron chi connectivity index (χ2n) is 3.63. The van der Waals surface area contributed by atoms with Gasteiger partial charge in [-0.3, -0.25) is 14.9 Å². The number of carbonyl (C=O) groups excluding carboxylic acids is 2. The maximum absolute atomic E-state index is 11.2. The van der Waals surface area contributed by atoms with Gasteiger partial charge in [0.1, 0.15) is 0 Å². The molecule has 0 saturated carbocycles. The van der Waals surface area contributed by atoms with E-state index in [-0.39, 0.29) is 5.69 Å². The van der Waals surface area contributed by atoms with Crippen molar-refractivity contribution in [1.82, 2.24) is 5.43 Å². The molecule has 8 heteroatoms. The average molecular weight is 276 g/mol. The van der Waals surface area contributed by atoms with Crippen molar-refractivity contribution in [3.05, 3.63) is 52.1 Å². The van der Waals surface area contributed by atoms with Crippen LogP contribution in [0, 0.1) is 10.1 Å². The number of carboxylic acid groups (broad SMARTS) is 1. The number of hydrogen-bond acceptors (Lipinski definition) is 6. The number of hydrazone groups is 1. The van der Waals surface area contributed by atoms with Gasteiger partial charge in [0.15, 0.2) is 0 Å². The maximum atomic E-state index is 11.2. The standard InChI is InChI=1S/C12H11N3O5/c1-8(13-14-11(16)5-6-12(17)18)9-3-2-4-10(7-9)15(19)20/h2-7H,1H3,(H,14,16)(H,17,18)/p-1. The number of rotatable bonds is 5. The minimum absolute atomic E-state index is 0.0970. The fraction of sp³-hybridized carbons (Fsp3) is 0.0833. The van der Waals surface area contributed by atoms with Crippen LogP contribution in [-0.4, -0.2) is 22.5 Å². The van der Waals surface area contributed by atoms with E-state index in [1.807, 2.05) is 0 Å². The Morgan fingerprint density at radius 1 is 1.35 bits per heavy atom. The lowest BCUT2D eigenvalue weighted by molar-refractivity contribution is -0.384. The molecule has 0 aliphatic carbocycles. The number of amides is 1. The van der Waals surface area contributed by atoms with Crippen LogP contribution in [0.4, 0.5) is 5.69 Å². The van der Waals surface area contributed by atoms with Crippen molar-refractivity contribution in [2.45, 2.75) is 6.92 Å². The van der Waals surface area contributed by atoms with Gasteiger partial charge in [-0.05, 0) is 13.0 Å². The molecule has 1 N–H and O–H groups in total. The molecule has 1 aromatic carbocycles. The van der Waals surface area contributed by atoms with Crippen LogP contribution in [0.1, 0.15) is 12.5 Å². The van der Waals surface area contributed by atoms with Crippen LogP contribution in [0.5, 0.6) is 0 Å². The summed E-state index contributed by atoms with van der Waals surface area (Å²) in [6.45, 7) is 1.54. The van der Waals surface area contributed by atoms with Crippen molar-refractivity contribution in [2.75, 3.05) is 0 Å². The van der Waals surface area contributed by atoms with Crippen molar-refractivity contribution >= 4 is 23.3 Å². The smallest absolute Gasteiger partial charge is 0.270 e. The summed E-state index contributed by atoms with van der Waals surface area (Å²) in [6, 6.07) is 5.72. The third kappa shape index (κ3) is 4.69. The monoisotopic (exact) mass is 276 g/mol. The van der Waals surface area contributed by atoms with Gasteiger partial charge in [-0.25, -0.2) is 5.43 Å². The molecule has 0 atom stereocenters. The Morgan fingerprint density at radius 2 is 2.05 bits per heavy atom. The molecule has 0 bridgehead atoms. The summed E-state index contributed by atoms with van der Waals surface area (Å²) in [7, 11) is 0. The lowest BCUT2D eigenvalue weighted by Gasteiger charge is -2.01. The van der Waals surface area contributed by atoms with Crippen LogP contribution >= 0.6 is 0 Å². The summed E-state index contributed by atoms with van der Waals surface area (Å²) in [5.41, 5.74) is 2.79. The van der Waals surface area contributed by atoms with Gasteiger partial charge in [-0.1, -0.05) is 12.1 Å². The van der Waals surface area contributed by atoms with E-state index in [0.717, 1.165) is 6.08 Å². The van der Waals surface area contributed by atoms with E-state index >= 15 is 0 Å². The van der Waals surface area contributed by atoms with Crippen LogP contribution in [0.25, 0.3) is 0 Å². The molecule has 0 unspecified atom stereocenters. The quantitative estimate of drug-likeness (QED) is 0.343. The molecule has 0 fully saturated rings. The molecule has 104 valence electrons. The molecule has 8 nitrogen and oxygen atoms in total. The van der Waals surface area contributed by atoms with Crippen molar-refractivity contribution in [1.29, 1.82) is 0 Å². The van der Waals surface area contributed by atoms with Gasteiger partial charge in [-0.2, -0.15) is 5.10 Å². The molecule has 1 rings (SSSR count). The second-order valence-corrected chi connectivity index (χ2v) is 3.63. The van der Waals surface area contributed by atoms with E-state index in [4.69, 9.17) is 0 Å². The number of non-ortho nitro benzene ring substituents is 1. The summed E-state index contributed by atoms with van der Waals surface area (Å²) in [5, 5.41) is 24.4. The Balaban J connectivity index is 2.79. The van der Waals surface area contributed by atoms with Crippen LogP contribution in [-0.2, 0) is 9.59 Å². The zero-order valence-corrected chi connectivity index (χ0v) is 10.4. The maximum Gasteiger partial charge on any atom is 0.270 e. The molecule has 20 heavy (non-hydrogen) atoms. The summed E-state index contributed by atoms with van der Waals surface area (Å²) < 4.78 is 0. The van der Waals surface area contributed by atoms with E-state index in [9.17, 15) is 24.8 Å². The zero-order valence-electron chi connectivity index (χ0n) is 10.4. The summed E-state index contributed by atoms with van der Waals surface area (Å²) in [4.78, 5) is 31.3. The predicted octanol–water partition coefficient (Wildman–Crippen LogP) is -0.259. The highest BCUT2D eigenvalue weighted by Crippen LogP contribution is 2.13. The van der Waals surface area contributed by atoms with Crippen molar-refractivity contribution < 1.29 is 19.6 Å². The molecule has 0 aliphatic heterocycles.